The van der Waals surface area contributed by atoms with Gasteiger partial charge in [-0.3, -0.25) is 0 Å². The molecule has 1 saturated heterocycles. The van der Waals surface area contributed by atoms with Crippen LogP contribution in [0.3, 0.4) is 0 Å². The van der Waals surface area contributed by atoms with Crippen molar-refractivity contribution in [2.75, 3.05) is 26.2 Å². The zero-order valence-electron chi connectivity index (χ0n) is 18.0. The summed E-state index contributed by atoms with van der Waals surface area (Å²) in [7, 11) is 0. The van der Waals surface area contributed by atoms with Crippen LogP contribution in [0.1, 0.15) is 42.1 Å². The number of thioether (sulfide) groups is 1. The monoisotopic (exact) mass is 455 g/mol. The minimum atomic E-state index is -1.26. The van der Waals surface area contributed by atoms with Gasteiger partial charge >= 0.3 is 11.9 Å². The summed E-state index contributed by atoms with van der Waals surface area (Å²) in [6.07, 6.45) is 5.25. The highest BCUT2D eigenvalue weighted by Crippen LogP contribution is 2.40. The van der Waals surface area contributed by atoms with E-state index in [9.17, 15) is 9.59 Å². The SMILES string of the molecule is O=C(O)C=CC(=O)O.c1ccc2c(c1)CSc1ccccc1C2OCCN1CCCCC1. The van der Waals surface area contributed by atoms with Gasteiger partial charge in [0, 0.05) is 29.3 Å². The predicted octanol–water partition coefficient (Wildman–Crippen LogP) is 4.60. The Kier molecular flexibility index (Phi) is 9.34. The van der Waals surface area contributed by atoms with E-state index in [4.69, 9.17) is 14.9 Å². The molecular formula is C25H29NO5S. The number of likely N-dealkylation sites (tertiary alicyclic amines) is 1. The van der Waals surface area contributed by atoms with E-state index in [1.54, 1.807) is 0 Å². The van der Waals surface area contributed by atoms with Gasteiger partial charge in [-0.2, -0.15) is 0 Å². The molecule has 1 unspecified atom stereocenters. The molecule has 0 aliphatic carbocycles. The Morgan fingerprint density at radius 2 is 1.56 bits per heavy atom. The summed E-state index contributed by atoms with van der Waals surface area (Å²) in [6, 6.07) is 17.5. The lowest BCUT2D eigenvalue weighted by atomic mass is 9.97. The molecule has 1 fully saturated rings. The fraction of sp³-hybridized carbons (Fsp3) is 0.360. The van der Waals surface area contributed by atoms with Crippen LogP contribution in [0.5, 0.6) is 0 Å². The van der Waals surface area contributed by atoms with Crippen molar-refractivity contribution >= 4 is 23.7 Å². The number of hydrogen-bond acceptors (Lipinski definition) is 5. The Morgan fingerprint density at radius 1 is 0.938 bits per heavy atom. The van der Waals surface area contributed by atoms with Gasteiger partial charge in [0.1, 0.15) is 6.10 Å². The van der Waals surface area contributed by atoms with Crippen LogP contribution in [0.15, 0.2) is 65.6 Å². The second-order valence-corrected chi connectivity index (χ2v) is 8.71. The molecule has 2 heterocycles. The van der Waals surface area contributed by atoms with Gasteiger partial charge in [-0.25, -0.2) is 9.59 Å². The average Bonchev–Trinajstić information content (AvgIpc) is 2.96. The van der Waals surface area contributed by atoms with Gasteiger partial charge in [0.2, 0.25) is 0 Å². The van der Waals surface area contributed by atoms with Crippen molar-refractivity contribution in [3.63, 3.8) is 0 Å². The first kappa shape index (κ1) is 24.0. The topological polar surface area (TPSA) is 87.1 Å². The third-order valence-corrected chi connectivity index (χ3v) is 6.57. The summed E-state index contributed by atoms with van der Waals surface area (Å²) in [5.74, 6) is -1.49. The molecule has 0 spiro atoms. The molecule has 170 valence electrons. The number of rotatable bonds is 6. The van der Waals surface area contributed by atoms with E-state index >= 15 is 0 Å². The Balaban J connectivity index is 0.000000312. The summed E-state index contributed by atoms with van der Waals surface area (Å²) < 4.78 is 6.46. The normalized spacial score (nSPS) is 18.1. The first-order chi connectivity index (χ1) is 15.5. The minimum Gasteiger partial charge on any atom is -0.478 e. The average molecular weight is 456 g/mol. The Bertz CT molecular complexity index is 876. The number of benzene rings is 2. The van der Waals surface area contributed by atoms with E-state index in [1.165, 1.54) is 53.9 Å². The molecule has 0 aromatic heterocycles. The molecule has 6 nitrogen and oxygen atoms in total. The summed E-state index contributed by atoms with van der Waals surface area (Å²) >= 11 is 1.93. The third kappa shape index (κ3) is 7.22. The molecule has 2 aliphatic heterocycles. The molecule has 2 N–H and O–H groups in total. The smallest absolute Gasteiger partial charge is 0.328 e. The molecule has 2 aromatic rings. The number of carboxylic acids is 2. The number of aliphatic carboxylic acids is 2. The Labute approximate surface area is 192 Å². The number of carbonyl (C=O) groups is 2. The maximum atomic E-state index is 9.55. The van der Waals surface area contributed by atoms with E-state index in [1.807, 2.05) is 11.8 Å². The lowest BCUT2D eigenvalue weighted by molar-refractivity contribution is -0.134. The molecule has 2 aliphatic rings. The molecule has 0 saturated carbocycles. The fourth-order valence-corrected chi connectivity index (χ4v) is 4.97. The van der Waals surface area contributed by atoms with Gasteiger partial charge in [0.25, 0.3) is 0 Å². The molecule has 0 amide bonds. The van der Waals surface area contributed by atoms with Crippen LogP contribution in [0.2, 0.25) is 0 Å². The van der Waals surface area contributed by atoms with Crippen LogP contribution in [0, 0.1) is 0 Å². The highest BCUT2D eigenvalue weighted by molar-refractivity contribution is 7.98. The summed E-state index contributed by atoms with van der Waals surface area (Å²) in [6.45, 7) is 4.32. The highest BCUT2D eigenvalue weighted by Gasteiger charge is 2.24. The molecular weight excluding hydrogens is 426 g/mol. The lowest BCUT2D eigenvalue weighted by Gasteiger charge is -2.27. The van der Waals surface area contributed by atoms with Crippen LogP contribution >= 0.6 is 11.8 Å². The summed E-state index contributed by atoms with van der Waals surface area (Å²) in [4.78, 5) is 23.0. The van der Waals surface area contributed by atoms with Gasteiger partial charge in [-0.1, -0.05) is 48.9 Å². The lowest BCUT2D eigenvalue weighted by Crippen LogP contribution is -2.33. The molecule has 0 radical (unpaired) electrons. The van der Waals surface area contributed by atoms with Crippen molar-refractivity contribution in [3.05, 3.63) is 77.4 Å². The van der Waals surface area contributed by atoms with Crippen molar-refractivity contribution in [2.24, 2.45) is 0 Å². The minimum absolute atomic E-state index is 0.0668. The second-order valence-electron chi connectivity index (χ2n) is 7.69. The highest BCUT2D eigenvalue weighted by atomic mass is 32.2. The predicted molar refractivity (Wildman–Crippen MR) is 125 cm³/mol. The molecule has 4 rings (SSSR count). The van der Waals surface area contributed by atoms with Gasteiger partial charge in [0.15, 0.2) is 0 Å². The summed E-state index contributed by atoms with van der Waals surface area (Å²) in [5, 5.41) is 15.6. The Morgan fingerprint density at radius 3 is 2.25 bits per heavy atom. The maximum Gasteiger partial charge on any atom is 0.328 e. The van der Waals surface area contributed by atoms with E-state index in [0.717, 1.165) is 18.9 Å². The van der Waals surface area contributed by atoms with Gasteiger partial charge in [-0.15, -0.1) is 11.8 Å². The summed E-state index contributed by atoms with van der Waals surface area (Å²) in [5.41, 5.74) is 4.07. The third-order valence-electron chi connectivity index (χ3n) is 5.43. The van der Waals surface area contributed by atoms with E-state index in [2.05, 4.69) is 53.4 Å². The molecule has 0 bridgehead atoms. The van der Waals surface area contributed by atoms with Crippen LogP contribution < -0.4 is 0 Å². The zero-order valence-corrected chi connectivity index (χ0v) is 18.8. The number of ether oxygens (including phenoxy) is 1. The zero-order chi connectivity index (χ0) is 22.8. The number of piperidine rings is 1. The molecule has 7 heteroatoms. The van der Waals surface area contributed by atoms with Gasteiger partial charge < -0.3 is 19.8 Å². The molecule has 32 heavy (non-hydrogen) atoms. The molecule has 1 atom stereocenters. The van der Waals surface area contributed by atoms with Gasteiger partial charge in [0.05, 0.1) is 6.61 Å². The van der Waals surface area contributed by atoms with Gasteiger partial charge in [-0.05, 0) is 48.7 Å². The molecule has 2 aromatic carbocycles. The van der Waals surface area contributed by atoms with Crippen LogP contribution in [-0.2, 0) is 20.1 Å². The van der Waals surface area contributed by atoms with Crippen molar-refractivity contribution in [2.45, 2.75) is 36.0 Å². The number of carboxylic acid groups (broad SMARTS) is 2. The quantitative estimate of drug-likeness (QED) is 0.616. The van der Waals surface area contributed by atoms with Crippen LogP contribution in [-0.4, -0.2) is 53.3 Å². The van der Waals surface area contributed by atoms with Crippen LogP contribution in [0.25, 0.3) is 0 Å². The van der Waals surface area contributed by atoms with E-state index in [-0.39, 0.29) is 6.10 Å². The van der Waals surface area contributed by atoms with E-state index in [0.29, 0.717) is 12.2 Å². The number of nitrogens with zero attached hydrogens (tertiary/aromatic N) is 1. The van der Waals surface area contributed by atoms with Crippen molar-refractivity contribution in [1.29, 1.82) is 0 Å². The second kappa shape index (κ2) is 12.4. The standard InChI is InChI=1S/C21H25NOS.C4H4O4/c1-6-12-22(13-7-1)14-15-23-21-18-9-3-2-8-17(18)16-24-20-11-5-4-10-19(20)21;5-3(6)1-2-4(7)8/h2-5,8-11,21H,1,6-7,12-16H2;1-2H,(H,5,6)(H,7,8). The van der Waals surface area contributed by atoms with Crippen molar-refractivity contribution in [1.82, 2.24) is 4.90 Å². The van der Waals surface area contributed by atoms with Crippen molar-refractivity contribution in [3.8, 4) is 0 Å². The fourth-order valence-electron chi connectivity index (χ4n) is 3.88. The largest absolute Gasteiger partial charge is 0.478 e. The van der Waals surface area contributed by atoms with E-state index < -0.39 is 11.9 Å². The van der Waals surface area contributed by atoms with Crippen LogP contribution in [0.4, 0.5) is 0 Å². The maximum absolute atomic E-state index is 9.55. The first-order valence-electron chi connectivity index (χ1n) is 10.8. The number of hydrogen-bond donors (Lipinski definition) is 2. The van der Waals surface area contributed by atoms with Crippen molar-refractivity contribution < 1.29 is 24.5 Å². The Hall–Kier alpha value is -2.61. The number of fused-ring (bicyclic) bond motifs is 2. The first-order valence-corrected chi connectivity index (χ1v) is 11.8.